The number of H-pyrrole nitrogens is 1. The molecule has 0 amide bonds. The van der Waals surface area contributed by atoms with Gasteiger partial charge >= 0.3 is 5.69 Å². The number of aliphatic imine (C=N–C) groups is 1. The molecule has 0 unspecified atom stereocenters. The average molecular weight is 514 g/mol. The van der Waals surface area contributed by atoms with Crippen LogP contribution < -0.4 is 16.6 Å². The van der Waals surface area contributed by atoms with Gasteiger partial charge in [-0.15, -0.1) is 0 Å². The number of aromatic nitrogens is 4. The number of hydrogen-bond acceptors (Lipinski definition) is 12. The zero-order valence-electron chi connectivity index (χ0n) is 18.8. The summed E-state index contributed by atoms with van der Waals surface area (Å²) in [7, 11) is 0. The Balaban J connectivity index is 0.000000170. The van der Waals surface area contributed by atoms with Crippen molar-refractivity contribution in [2.45, 2.75) is 55.8 Å². The van der Waals surface area contributed by atoms with E-state index in [0.717, 1.165) is 10.8 Å². The van der Waals surface area contributed by atoms with Gasteiger partial charge in [0.25, 0.3) is 5.56 Å². The van der Waals surface area contributed by atoms with Crippen molar-refractivity contribution in [1.82, 2.24) is 19.1 Å². The molecule has 15 nitrogen and oxygen atoms in total. The van der Waals surface area contributed by atoms with Gasteiger partial charge in [0.15, 0.2) is 0 Å². The maximum absolute atomic E-state index is 13.0. The van der Waals surface area contributed by atoms with Crippen LogP contribution in [0.2, 0.25) is 0 Å². The number of hydrogen-bond donors (Lipinski definition) is 7. The molecule has 2 saturated heterocycles. The smallest absolute Gasteiger partial charge is 0.330 e. The number of imidazole rings is 1. The molecular weight excluding hydrogens is 487 g/mol. The zero-order valence-corrected chi connectivity index (χ0v) is 18.8. The van der Waals surface area contributed by atoms with E-state index < -0.39 is 66.6 Å². The molecule has 0 spiro atoms. The molecule has 2 aromatic rings. The lowest BCUT2D eigenvalue weighted by Gasteiger charge is -2.16. The van der Waals surface area contributed by atoms with Crippen molar-refractivity contribution in [3.63, 3.8) is 0 Å². The largest absolute Gasteiger partial charge is 0.394 e. The lowest BCUT2D eigenvalue weighted by atomic mass is 10.2. The molecule has 2 fully saturated rings. The van der Waals surface area contributed by atoms with Crippen molar-refractivity contribution >= 4 is 12.2 Å². The fraction of sp³-hybridized carbons (Fsp3) is 0.600. The third-order valence-corrected chi connectivity index (χ3v) is 6.02. The normalized spacial score (nSPS) is 31.3. The number of ether oxygens (including phenoxy) is 2. The number of rotatable bonds is 4. The summed E-state index contributed by atoms with van der Waals surface area (Å²) in [5.74, 6) is -0.514. The van der Waals surface area contributed by atoms with Gasteiger partial charge in [0.2, 0.25) is 5.82 Å². The minimum atomic E-state index is -1.12. The zero-order chi connectivity index (χ0) is 26.0. The fourth-order valence-electron chi connectivity index (χ4n) is 4.11. The standard InChI is InChI=1S/C11H16N4O4.C9H11FN2O5/c16-3-8-6(17)1-9(19-8)15-5-14-10-7(18)2-12-4-13-11(10)15;10-4-2-12(9(16)11-8(4)15)7-1-5(14)6(3-13)17-7/h4-9,16-18H,1-3H2,(H,12,13);2,5-7,13-14H,1,3H2,(H,11,15,16)/t6-,7+,8+,9+;5-,6+,7+/m00/s1. The second kappa shape index (κ2) is 11.0. The minimum absolute atomic E-state index is 0.0383. The minimum Gasteiger partial charge on any atom is -0.394 e. The maximum atomic E-state index is 13.0. The van der Waals surface area contributed by atoms with Crippen molar-refractivity contribution in [2.75, 3.05) is 25.1 Å². The van der Waals surface area contributed by atoms with Gasteiger partial charge in [-0.05, 0) is 0 Å². The first-order valence-corrected chi connectivity index (χ1v) is 11.1. The predicted molar refractivity (Wildman–Crippen MR) is 119 cm³/mol. The highest BCUT2D eigenvalue weighted by atomic mass is 19.1. The lowest BCUT2D eigenvalue weighted by Crippen LogP contribution is -2.34. The van der Waals surface area contributed by atoms with E-state index in [9.17, 15) is 29.3 Å². The Morgan fingerprint density at radius 1 is 1.03 bits per heavy atom. The molecule has 0 radical (unpaired) electrons. The van der Waals surface area contributed by atoms with Crippen LogP contribution in [0.1, 0.15) is 37.1 Å². The molecule has 16 heteroatoms. The predicted octanol–water partition coefficient (Wildman–Crippen LogP) is -2.67. The summed E-state index contributed by atoms with van der Waals surface area (Å²) in [4.78, 5) is 32.1. The van der Waals surface area contributed by atoms with Gasteiger partial charge in [-0.2, -0.15) is 4.39 Å². The van der Waals surface area contributed by atoms with Gasteiger partial charge < -0.3 is 40.3 Å². The van der Waals surface area contributed by atoms with Crippen LogP contribution in [0.4, 0.5) is 10.2 Å². The fourth-order valence-corrected chi connectivity index (χ4v) is 4.11. The van der Waals surface area contributed by atoms with E-state index in [-0.39, 0.29) is 19.6 Å². The number of halogens is 1. The third kappa shape index (κ3) is 5.24. The topological polar surface area (TPSA) is 217 Å². The molecule has 3 aliphatic heterocycles. The van der Waals surface area contributed by atoms with Crippen molar-refractivity contribution in [1.29, 1.82) is 0 Å². The number of aliphatic hydroxyl groups excluding tert-OH is 5. The quantitative estimate of drug-likeness (QED) is 0.223. The number of nitrogens with zero attached hydrogens (tertiary/aromatic N) is 4. The molecule has 3 aliphatic rings. The van der Waals surface area contributed by atoms with E-state index in [1.807, 2.05) is 0 Å². The van der Waals surface area contributed by atoms with Crippen molar-refractivity contribution in [3.8, 4) is 0 Å². The number of fused-ring (bicyclic) bond motifs is 1. The number of anilines is 1. The van der Waals surface area contributed by atoms with Crippen LogP contribution in [0.3, 0.4) is 0 Å². The lowest BCUT2D eigenvalue weighted by molar-refractivity contribution is -0.0462. The van der Waals surface area contributed by atoms with E-state index >= 15 is 0 Å². The van der Waals surface area contributed by atoms with Gasteiger partial charge in [-0.25, -0.2) is 9.78 Å². The molecule has 5 heterocycles. The van der Waals surface area contributed by atoms with Gasteiger partial charge in [0.05, 0.1) is 50.8 Å². The third-order valence-electron chi connectivity index (χ3n) is 6.02. The van der Waals surface area contributed by atoms with Crippen LogP contribution in [-0.2, 0) is 9.47 Å². The monoisotopic (exact) mass is 514 g/mol. The van der Waals surface area contributed by atoms with Crippen LogP contribution in [0.25, 0.3) is 0 Å². The molecule has 198 valence electrons. The molecule has 0 bridgehead atoms. The highest BCUT2D eigenvalue weighted by molar-refractivity contribution is 5.76. The first-order valence-electron chi connectivity index (χ1n) is 11.1. The molecule has 7 N–H and O–H groups in total. The second-order valence-electron chi connectivity index (χ2n) is 8.41. The van der Waals surface area contributed by atoms with Crippen LogP contribution in [0, 0.1) is 5.82 Å². The van der Waals surface area contributed by atoms with E-state index in [1.165, 1.54) is 6.34 Å². The average Bonchev–Trinajstić information content (AvgIpc) is 3.52. The van der Waals surface area contributed by atoms with E-state index in [4.69, 9.17) is 19.7 Å². The Labute approximate surface area is 202 Å². The molecule has 5 rings (SSSR count). The van der Waals surface area contributed by atoms with E-state index in [2.05, 4.69) is 15.3 Å². The van der Waals surface area contributed by atoms with Crippen LogP contribution in [0.15, 0.2) is 27.1 Å². The number of aliphatic hydroxyl groups is 5. The van der Waals surface area contributed by atoms with Crippen LogP contribution in [-0.4, -0.2) is 95.1 Å². The van der Waals surface area contributed by atoms with Crippen molar-refractivity contribution in [2.24, 2.45) is 4.99 Å². The Bertz CT molecular complexity index is 1200. The SMILES string of the molecule is O=c1[nH]c(=O)n([C@H]2C[C@H](O)[C@@H](CO)O2)cc1F.OC[C@H]1O[C@@H](n2cnc3c2NC=NC[C@H]3O)C[C@@H]1O. The van der Waals surface area contributed by atoms with Crippen molar-refractivity contribution < 1.29 is 39.4 Å². The summed E-state index contributed by atoms with van der Waals surface area (Å²) in [6.07, 6.45) is -0.964. The van der Waals surface area contributed by atoms with E-state index in [0.29, 0.717) is 17.9 Å². The first-order chi connectivity index (χ1) is 17.2. The second-order valence-corrected chi connectivity index (χ2v) is 8.41. The van der Waals surface area contributed by atoms with Crippen LogP contribution >= 0.6 is 0 Å². The van der Waals surface area contributed by atoms with Crippen molar-refractivity contribution in [3.05, 3.63) is 44.9 Å². The molecule has 36 heavy (non-hydrogen) atoms. The highest BCUT2D eigenvalue weighted by Gasteiger charge is 2.37. The summed E-state index contributed by atoms with van der Waals surface area (Å²) >= 11 is 0. The summed E-state index contributed by atoms with van der Waals surface area (Å²) < 4.78 is 26.3. The number of aromatic amines is 1. The number of nitrogens with one attached hydrogen (secondary N) is 2. The van der Waals surface area contributed by atoms with Gasteiger partial charge in [-0.1, -0.05) is 0 Å². The maximum Gasteiger partial charge on any atom is 0.330 e. The summed E-state index contributed by atoms with van der Waals surface area (Å²) in [6, 6.07) is 0. The summed E-state index contributed by atoms with van der Waals surface area (Å²) in [6.45, 7) is -0.380. The molecule has 0 aromatic carbocycles. The molecule has 0 saturated carbocycles. The van der Waals surface area contributed by atoms with E-state index in [1.54, 1.807) is 15.9 Å². The van der Waals surface area contributed by atoms with Crippen LogP contribution in [0.5, 0.6) is 0 Å². The molecule has 7 atom stereocenters. The first kappa shape index (κ1) is 26.1. The summed E-state index contributed by atoms with van der Waals surface area (Å²) in [5.41, 5.74) is -1.43. The highest BCUT2D eigenvalue weighted by Crippen LogP contribution is 2.34. The Kier molecular flexibility index (Phi) is 7.94. The molecule has 2 aromatic heterocycles. The Morgan fingerprint density at radius 3 is 2.22 bits per heavy atom. The molecule has 0 aliphatic carbocycles. The van der Waals surface area contributed by atoms with Gasteiger partial charge in [0.1, 0.15) is 42.3 Å². The Morgan fingerprint density at radius 2 is 1.64 bits per heavy atom. The van der Waals surface area contributed by atoms with Gasteiger partial charge in [-0.3, -0.25) is 23.9 Å². The summed E-state index contributed by atoms with van der Waals surface area (Å²) in [5, 5.41) is 50.0. The molecular formula is C20H27FN6O9. The Hall–Kier alpha value is -2.99. The van der Waals surface area contributed by atoms with Gasteiger partial charge in [0, 0.05) is 12.8 Å².